The van der Waals surface area contributed by atoms with E-state index in [4.69, 9.17) is 0 Å². The molecule has 0 aliphatic rings. The number of pyridine rings is 1. The van der Waals surface area contributed by atoms with Crippen molar-refractivity contribution in [3.8, 4) is 5.75 Å². The van der Waals surface area contributed by atoms with Crippen LogP contribution in [-0.4, -0.2) is 14.8 Å². The highest BCUT2D eigenvalue weighted by atomic mass is 35.5. The molecule has 3 rings (SSSR count). The fourth-order valence-corrected chi connectivity index (χ4v) is 2.46. The summed E-state index contributed by atoms with van der Waals surface area (Å²) in [6, 6.07) is 8.59. The van der Waals surface area contributed by atoms with Crippen molar-refractivity contribution in [2.24, 2.45) is 0 Å². The maximum absolute atomic E-state index is 13.9. The summed E-state index contributed by atoms with van der Waals surface area (Å²) < 4.78 is 15.7. The van der Waals surface area contributed by atoms with Gasteiger partial charge in [-0.15, -0.1) is 12.4 Å². The molecule has 4 nitrogen and oxygen atoms in total. The fraction of sp³-hybridized carbons (Fsp3) is 0.188. The van der Waals surface area contributed by atoms with Crippen molar-refractivity contribution in [2.75, 3.05) is 5.43 Å². The average Bonchev–Trinajstić information content (AvgIpc) is 2.87. The van der Waals surface area contributed by atoms with Gasteiger partial charge in [0.1, 0.15) is 11.6 Å². The Morgan fingerprint density at radius 1 is 1.32 bits per heavy atom. The summed E-state index contributed by atoms with van der Waals surface area (Å²) in [5, 5.41) is 10.4. The van der Waals surface area contributed by atoms with Crippen molar-refractivity contribution in [1.82, 2.24) is 9.66 Å². The van der Waals surface area contributed by atoms with Gasteiger partial charge in [0, 0.05) is 23.3 Å². The molecular formula is C16H17ClFN3O. The molecule has 0 aliphatic carbocycles. The van der Waals surface area contributed by atoms with Crippen LogP contribution < -0.4 is 5.43 Å². The molecule has 1 aromatic carbocycles. The Morgan fingerprint density at radius 3 is 2.86 bits per heavy atom. The molecule has 0 spiro atoms. The first kappa shape index (κ1) is 16.1. The zero-order valence-corrected chi connectivity index (χ0v) is 12.8. The number of nitrogens with zero attached hydrogens (tertiary/aromatic N) is 2. The number of hydrogen-bond acceptors (Lipinski definition) is 3. The van der Waals surface area contributed by atoms with Gasteiger partial charge in [-0.2, -0.15) is 0 Å². The zero-order chi connectivity index (χ0) is 14.8. The lowest BCUT2D eigenvalue weighted by atomic mass is 10.1. The third-order valence-electron chi connectivity index (χ3n) is 3.56. The molecule has 3 aromatic rings. The monoisotopic (exact) mass is 321 g/mol. The van der Waals surface area contributed by atoms with E-state index in [1.54, 1.807) is 24.4 Å². The standard InChI is InChI=1S/C16H16FN3O.ClH/c1-2-15(13-5-7-18-10-14(13)17)19-20-8-6-11-9-12(21)3-4-16(11)20;/h3-10,15,19,21H,2H2,1H3;1H. The normalized spacial score (nSPS) is 11.9. The molecule has 0 bridgehead atoms. The number of nitrogens with one attached hydrogen (secondary N) is 1. The van der Waals surface area contributed by atoms with Crippen LogP contribution in [0.15, 0.2) is 48.9 Å². The summed E-state index contributed by atoms with van der Waals surface area (Å²) in [4.78, 5) is 3.78. The molecule has 0 saturated carbocycles. The highest BCUT2D eigenvalue weighted by Gasteiger charge is 2.14. The van der Waals surface area contributed by atoms with Crippen LogP contribution in [0.5, 0.6) is 5.75 Å². The molecule has 0 saturated heterocycles. The van der Waals surface area contributed by atoms with Crippen LogP contribution in [0, 0.1) is 5.82 Å². The Labute approximate surface area is 134 Å². The van der Waals surface area contributed by atoms with Gasteiger partial charge in [0.15, 0.2) is 0 Å². The molecule has 2 N–H and O–H groups in total. The first-order valence-electron chi connectivity index (χ1n) is 6.85. The molecule has 6 heteroatoms. The van der Waals surface area contributed by atoms with E-state index in [1.807, 2.05) is 29.9 Å². The van der Waals surface area contributed by atoms with Crippen LogP contribution in [0.2, 0.25) is 0 Å². The molecule has 0 aliphatic heterocycles. The predicted molar refractivity (Wildman–Crippen MR) is 87.4 cm³/mol. The highest BCUT2D eigenvalue weighted by Crippen LogP contribution is 2.24. The molecule has 2 heterocycles. The summed E-state index contributed by atoms with van der Waals surface area (Å²) in [7, 11) is 0. The van der Waals surface area contributed by atoms with Crippen molar-refractivity contribution in [1.29, 1.82) is 0 Å². The molecule has 1 atom stereocenters. The Kier molecular flexibility index (Phi) is 4.88. The van der Waals surface area contributed by atoms with Crippen molar-refractivity contribution in [3.63, 3.8) is 0 Å². The molecule has 2 aromatic heterocycles. The van der Waals surface area contributed by atoms with Crippen LogP contribution in [-0.2, 0) is 0 Å². The molecule has 0 radical (unpaired) electrons. The maximum atomic E-state index is 13.9. The smallest absolute Gasteiger partial charge is 0.146 e. The van der Waals surface area contributed by atoms with Crippen molar-refractivity contribution < 1.29 is 9.50 Å². The second kappa shape index (κ2) is 6.66. The van der Waals surface area contributed by atoms with Gasteiger partial charge in [-0.05, 0) is 36.8 Å². The summed E-state index contributed by atoms with van der Waals surface area (Å²) in [5.41, 5.74) is 4.82. The summed E-state index contributed by atoms with van der Waals surface area (Å²) in [6.07, 6.45) is 5.42. The number of phenols is 1. The van der Waals surface area contributed by atoms with E-state index < -0.39 is 0 Å². The second-order valence-corrected chi connectivity index (χ2v) is 4.92. The van der Waals surface area contributed by atoms with E-state index in [2.05, 4.69) is 10.4 Å². The van der Waals surface area contributed by atoms with Crippen LogP contribution >= 0.6 is 12.4 Å². The number of phenolic OH excluding ortho intramolecular Hbond substituents is 1. The first-order chi connectivity index (χ1) is 10.2. The number of rotatable bonds is 4. The van der Waals surface area contributed by atoms with Crippen LogP contribution in [0.25, 0.3) is 10.9 Å². The van der Waals surface area contributed by atoms with Gasteiger partial charge in [-0.1, -0.05) is 6.92 Å². The molecule has 1 unspecified atom stereocenters. The molecule has 116 valence electrons. The minimum atomic E-state index is -0.314. The quantitative estimate of drug-likeness (QED) is 0.763. The third-order valence-corrected chi connectivity index (χ3v) is 3.56. The SMILES string of the molecule is CCC(Nn1ccc2cc(O)ccc21)c1ccncc1F.Cl. The number of fused-ring (bicyclic) bond motifs is 1. The molecule has 0 amide bonds. The van der Waals surface area contributed by atoms with Crippen molar-refractivity contribution in [3.05, 3.63) is 60.3 Å². The molecule has 0 fully saturated rings. The summed E-state index contributed by atoms with van der Waals surface area (Å²) >= 11 is 0. The van der Waals surface area contributed by atoms with Gasteiger partial charge < -0.3 is 10.5 Å². The van der Waals surface area contributed by atoms with Gasteiger partial charge in [0.2, 0.25) is 0 Å². The number of aromatic nitrogens is 2. The van der Waals surface area contributed by atoms with Gasteiger partial charge in [0.25, 0.3) is 0 Å². The van der Waals surface area contributed by atoms with E-state index in [9.17, 15) is 9.50 Å². The second-order valence-electron chi connectivity index (χ2n) is 4.92. The molecule has 22 heavy (non-hydrogen) atoms. The van der Waals surface area contributed by atoms with E-state index in [1.165, 1.54) is 6.20 Å². The minimum absolute atomic E-state index is 0. The summed E-state index contributed by atoms with van der Waals surface area (Å²) in [6.45, 7) is 2.00. The van der Waals surface area contributed by atoms with E-state index in [0.717, 1.165) is 17.3 Å². The summed E-state index contributed by atoms with van der Waals surface area (Å²) in [5.74, 6) is -0.0848. The largest absolute Gasteiger partial charge is 0.508 e. The Balaban J connectivity index is 0.00000176. The van der Waals surface area contributed by atoms with E-state index in [-0.39, 0.29) is 30.0 Å². The zero-order valence-electron chi connectivity index (χ0n) is 12.0. The molecular weight excluding hydrogens is 305 g/mol. The highest BCUT2D eigenvalue weighted by molar-refractivity contribution is 5.85. The van der Waals surface area contributed by atoms with E-state index >= 15 is 0 Å². The number of halogens is 2. The Hall–Kier alpha value is -2.27. The van der Waals surface area contributed by atoms with Crippen LogP contribution in [0.1, 0.15) is 24.9 Å². The fourth-order valence-electron chi connectivity index (χ4n) is 2.46. The number of aromatic hydroxyl groups is 1. The van der Waals surface area contributed by atoms with Gasteiger partial charge >= 0.3 is 0 Å². The third kappa shape index (κ3) is 2.99. The van der Waals surface area contributed by atoms with Crippen molar-refractivity contribution in [2.45, 2.75) is 19.4 Å². The topological polar surface area (TPSA) is 50.1 Å². The average molecular weight is 322 g/mol. The Morgan fingerprint density at radius 2 is 2.14 bits per heavy atom. The number of benzene rings is 1. The van der Waals surface area contributed by atoms with Crippen molar-refractivity contribution >= 4 is 23.3 Å². The minimum Gasteiger partial charge on any atom is -0.508 e. The van der Waals surface area contributed by atoms with Gasteiger partial charge in [-0.3, -0.25) is 9.66 Å². The lowest BCUT2D eigenvalue weighted by Crippen LogP contribution is -2.20. The van der Waals surface area contributed by atoms with Crippen LogP contribution in [0.4, 0.5) is 4.39 Å². The Bertz CT molecular complexity index is 775. The number of hydrogen-bond donors (Lipinski definition) is 2. The first-order valence-corrected chi connectivity index (χ1v) is 6.85. The maximum Gasteiger partial charge on any atom is 0.146 e. The van der Waals surface area contributed by atoms with Gasteiger partial charge in [0.05, 0.1) is 17.8 Å². The lowest BCUT2D eigenvalue weighted by molar-refractivity contribution is 0.476. The van der Waals surface area contributed by atoms with E-state index in [0.29, 0.717) is 5.56 Å². The van der Waals surface area contributed by atoms with Crippen LogP contribution in [0.3, 0.4) is 0 Å². The van der Waals surface area contributed by atoms with Gasteiger partial charge in [-0.25, -0.2) is 4.39 Å². The predicted octanol–water partition coefficient (Wildman–Crippen LogP) is 4.00. The lowest BCUT2D eigenvalue weighted by Gasteiger charge is -2.20.